The number of nitrogens with zero attached hydrogens (tertiary/aromatic N) is 2. The average molecular weight is 478 g/mol. The number of hydrogen-bond donors (Lipinski definition) is 2. The van der Waals surface area contributed by atoms with Gasteiger partial charge in [0, 0.05) is 16.5 Å². The number of benzene rings is 1. The zero-order chi connectivity index (χ0) is 23.5. The second-order valence-electron chi connectivity index (χ2n) is 7.35. The Morgan fingerprint density at radius 1 is 1.18 bits per heavy atom. The van der Waals surface area contributed by atoms with Crippen molar-refractivity contribution in [3.63, 3.8) is 0 Å². The molecule has 2 aromatic heterocycles. The van der Waals surface area contributed by atoms with E-state index in [0.29, 0.717) is 21.9 Å². The fraction of sp³-hybridized carbons (Fsp3) is 0.167. The van der Waals surface area contributed by atoms with E-state index in [9.17, 15) is 25.2 Å². The van der Waals surface area contributed by atoms with Crippen molar-refractivity contribution in [1.29, 1.82) is 10.5 Å². The molecule has 0 aliphatic heterocycles. The number of carboxylic acid groups (broad SMARTS) is 1. The number of nitrogens with one attached hydrogen (secondary N) is 1. The molecule has 4 rings (SSSR count). The molecule has 164 valence electrons. The smallest absolute Gasteiger partial charge is 0.337 e. The number of hydrogen-bond acceptors (Lipinski definition) is 6. The van der Waals surface area contributed by atoms with E-state index in [4.69, 9.17) is 16.0 Å². The highest BCUT2D eigenvalue weighted by atomic mass is 35.5. The van der Waals surface area contributed by atoms with Crippen LogP contribution in [0.2, 0.25) is 5.02 Å². The molecule has 0 spiro atoms. The van der Waals surface area contributed by atoms with E-state index in [1.54, 1.807) is 18.2 Å². The fourth-order valence-corrected chi connectivity index (χ4v) is 5.09. The van der Waals surface area contributed by atoms with Crippen molar-refractivity contribution < 1.29 is 19.1 Å². The summed E-state index contributed by atoms with van der Waals surface area (Å²) in [6.07, 6.45) is 5.06. The van der Waals surface area contributed by atoms with E-state index >= 15 is 0 Å². The third-order valence-electron chi connectivity index (χ3n) is 5.27. The van der Waals surface area contributed by atoms with Gasteiger partial charge in [0.25, 0.3) is 5.91 Å². The van der Waals surface area contributed by atoms with Gasteiger partial charge < -0.3 is 14.8 Å². The molecule has 2 N–H and O–H groups in total. The number of anilines is 1. The second kappa shape index (κ2) is 9.33. The van der Waals surface area contributed by atoms with Crippen LogP contribution in [0.1, 0.15) is 45.0 Å². The zero-order valence-corrected chi connectivity index (χ0v) is 18.7. The number of halogens is 1. The van der Waals surface area contributed by atoms with Crippen LogP contribution in [0.25, 0.3) is 17.4 Å². The number of aromatic carboxylic acids is 1. The highest BCUT2D eigenvalue weighted by Crippen LogP contribution is 2.38. The maximum absolute atomic E-state index is 12.7. The summed E-state index contributed by atoms with van der Waals surface area (Å²) in [6, 6.07) is 11.7. The van der Waals surface area contributed by atoms with E-state index < -0.39 is 11.9 Å². The summed E-state index contributed by atoms with van der Waals surface area (Å²) in [6.45, 7) is 0. The number of amides is 1. The molecule has 2 heterocycles. The van der Waals surface area contributed by atoms with Gasteiger partial charge in [-0.2, -0.15) is 10.5 Å². The summed E-state index contributed by atoms with van der Waals surface area (Å²) in [5.41, 5.74) is 1.70. The molecule has 0 fully saturated rings. The lowest BCUT2D eigenvalue weighted by molar-refractivity contribution is -0.112. The van der Waals surface area contributed by atoms with Crippen molar-refractivity contribution >= 4 is 45.9 Å². The van der Waals surface area contributed by atoms with Crippen LogP contribution < -0.4 is 5.32 Å². The summed E-state index contributed by atoms with van der Waals surface area (Å²) in [5.74, 6) is -1.19. The normalized spacial score (nSPS) is 13.0. The maximum atomic E-state index is 12.7. The molecule has 0 saturated carbocycles. The maximum Gasteiger partial charge on any atom is 0.337 e. The first-order valence-electron chi connectivity index (χ1n) is 10.0. The zero-order valence-electron chi connectivity index (χ0n) is 17.1. The summed E-state index contributed by atoms with van der Waals surface area (Å²) >= 11 is 7.29. The molecule has 0 saturated heterocycles. The van der Waals surface area contributed by atoms with Crippen LogP contribution in [0.15, 0.2) is 40.3 Å². The van der Waals surface area contributed by atoms with E-state index in [0.717, 1.165) is 36.1 Å². The van der Waals surface area contributed by atoms with Gasteiger partial charge in [-0.3, -0.25) is 4.79 Å². The summed E-state index contributed by atoms with van der Waals surface area (Å²) in [7, 11) is 0. The highest BCUT2D eigenvalue weighted by molar-refractivity contribution is 7.16. The number of rotatable bonds is 5. The Hall–Kier alpha value is -3.85. The molecular formula is C24H16ClN3O4S. The standard InChI is InChI=1S/C24H16ClN3O4S/c25-19-7-5-13(10-17(19)24(30)31)20-8-6-15(32-20)9-14(11-26)22(29)28-23-18(12-27)16-3-1-2-4-21(16)33-23/h5-10H,1-4H2,(H,28,29)(H,30,31)/b14-9-. The topological polar surface area (TPSA) is 127 Å². The number of aryl methyl sites for hydroxylation is 1. The minimum Gasteiger partial charge on any atom is -0.478 e. The molecule has 0 bridgehead atoms. The molecule has 33 heavy (non-hydrogen) atoms. The van der Waals surface area contributed by atoms with Crippen molar-refractivity contribution in [2.45, 2.75) is 25.7 Å². The van der Waals surface area contributed by atoms with Gasteiger partial charge in [0.15, 0.2) is 0 Å². The molecular weight excluding hydrogens is 462 g/mol. The van der Waals surface area contributed by atoms with Crippen molar-refractivity contribution in [1.82, 2.24) is 0 Å². The Kier molecular flexibility index (Phi) is 6.32. The number of fused-ring (bicyclic) bond motifs is 1. The Morgan fingerprint density at radius 3 is 2.70 bits per heavy atom. The third kappa shape index (κ3) is 4.54. The molecule has 9 heteroatoms. The Balaban J connectivity index is 1.58. The molecule has 7 nitrogen and oxygen atoms in total. The molecule has 1 aliphatic rings. The molecule has 0 atom stereocenters. The summed E-state index contributed by atoms with van der Waals surface area (Å²) in [5, 5.41) is 31.6. The number of carbonyl (C=O) groups is 2. The quantitative estimate of drug-likeness (QED) is 0.360. The Labute approximate surface area is 198 Å². The molecule has 0 unspecified atom stereocenters. The third-order valence-corrected chi connectivity index (χ3v) is 6.81. The van der Waals surface area contributed by atoms with Gasteiger partial charge in [0.05, 0.1) is 16.1 Å². The Bertz CT molecular complexity index is 1390. The second-order valence-corrected chi connectivity index (χ2v) is 8.86. The van der Waals surface area contributed by atoms with E-state index in [-0.39, 0.29) is 21.9 Å². The van der Waals surface area contributed by atoms with E-state index in [1.165, 1.54) is 29.5 Å². The van der Waals surface area contributed by atoms with Crippen LogP contribution in [0.5, 0.6) is 0 Å². The summed E-state index contributed by atoms with van der Waals surface area (Å²) in [4.78, 5) is 25.1. The molecule has 3 aromatic rings. The number of thiophene rings is 1. The minimum atomic E-state index is -1.16. The number of furan rings is 1. The van der Waals surface area contributed by atoms with Crippen LogP contribution >= 0.6 is 22.9 Å². The van der Waals surface area contributed by atoms with Crippen molar-refractivity contribution in [3.05, 3.63) is 68.3 Å². The Morgan fingerprint density at radius 2 is 1.97 bits per heavy atom. The van der Waals surface area contributed by atoms with Crippen LogP contribution in [-0.2, 0) is 17.6 Å². The molecule has 0 radical (unpaired) electrons. The van der Waals surface area contributed by atoms with E-state index in [1.807, 2.05) is 6.07 Å². The lowest BCUT2D eigenvalue weighted by Gasteiger charge is -2.09. The number of carboxylic acids is 1. The largest absolute Gasteiger partial charge is 0.478 e. The summed E-state index contributed by atoms with van der Waals surface area (Å²) < 4.78 is 5.69. The van der Waals surface area contributed by atoms with Gasteiger partial charge in [0.1, 0.15) is 34.2 Å². The lowest BCUT2D eigenvalue weighted by atomic mass is 9.96. The monoisotopic (exact) mass is 477 g/mol. The SMILES string of the molecule is N#C/C(=C/c1ccc(-c2ccc(Cl)c(C(=O)O)c2)o1)C(=O)Nc1sc2c(c1C#N)CCCC2. The van der Waals surface area contributed by atoms with Crippen LogP contribution in [0.4, 0.5) is 5.00 Å². The van der Waals surface area contributed by atoms with E-state index in [2.05, 4.69) is 11.4 Å². The molecule has 1 amide bonds. The van der Waals surface area contributed by atoms with Gasteiger partial charge in [-0.15, -0.1) is 11.3 Å². The fourth-order valence-electron chi connectivity index (χ4n) is 3.66. The minimum absolute atomic E-state index is 0.0632. The van der Waals surface area contributed by atoms with Gasteiger partial charge >= 0.3 is 5.97 Å². The first-order chi connectivity index (χ1) is 15.9. The first-order valence-corrected chi connectivity index (χ1v) is 11.2. The predicted octanol–water partition coefficient (Wildman–Crippen LogP) is 5.66. The van der Waals surface area contributed by atoms with Crippen LogP contribution in [0, 0.1) is 22.7 Å². The highest BCUT2D eigenvalue weighted by Gasteiger charge is 2.23. The van der Waals surface area contributed by atoms with Gasteiger partial charge in [-0.1, -0.05) is 11.6 Å². The lowest BCUT2D eigenvalue weighted by Crippen LogP contribution is -2.13. The van der Waals surface area contributed by atoms with Crippen molar-refractivity contribution in [2.24, 2.45) is 0 Å². The number of nitriles is 2. The van der Waals surface area contributed by atoms with Crippen LogP contribution in [0.3, 0.4) is 0 Å². The van der Waals surface area contributed by atoms with Crippen molar-refractivity contribution in [2.75, 3.05) is 5.32 Å². The van der Waals surface area contributed by atoms with Gasteiger partial charge in [0.2, 0.25) is 0 Å². The van der Waals surface area contributed by atoms with Gasteiger partial charge in [-0.05, 0) is 61.6 Å². The number of carbonyl (C=O) groups excluding carboxylic acids is 1. The molecule has 1 aliphatic carbocycles. The average Bonchev–Trinajstić information content (AvgIpc) is 3.41. The van der Waals surface area contributed by atoms with Crippen molar-refractivity contribution in [3.8, 4) is 23.5 Å². The molecule has 1 aromatic carbocycles. The van der Waals surface area contributed by atoms with Gasteiger partial charge in [-0.25, -0.2) is 4.79 Å². The first kappa shape index (κ1) is 22.3. The predicted molar refractivity (Wildman–Crippen MR) is 124 cm³/mol. The van der Waals surface area contributed by atoms with Crippen LogP contribution in [-0.4, -0.2) is 17.0 Å².